The van der Waals surface area contributed by atoms with Gasteiger partial charge >= 0.3 is 5.69 Å². The molecule has 11 heteroatoms. The number of hydrogen-bond donors (Lipinski definition) is 1. The van der Waals surface area contributed by atoms with Crippen LogP contribution in [0.15, 0.2) is 32.9 Å². The lowest BCUT2D eigenvalue weighted by Crippen LogP contribution is -2.31. The Balaban J connectivity index is 1.71. The van der Waals surface area contributed by atoms with Crippen molar-refractivity contribution < 1.29 is 0 Å². The number of fused-ring (bicyclic) bond motifs is 1. The fourth-order valence-corrected chi connectivity index (χ4v) is 4.61. The molecule has 0 aliphatic carbocycles. The van der Waals surface area contributed by atoms with Crippen LogP contribution in [0.25, 0.3) is 16.9 Å². The Kier molecular flexibility index (Phi) is 6.26. The number of hydrogen-bond acceptors (Lipinski definition) is 7. The number of imidazole rings is 1. The Morgan fingerprint density at radius 3 is 2.66 bits per heavy atom. The molecule has 0 spiro atoms. The van der Waals surface area contributed by atoms with E-state index in [-0.39, 0.29) is 0 Å². The van der Waals surface area contributed by atoms with Gasteiger partial charge in [0.1, 0.15) is 5.82 Å². The molecule has 32 heavy (non-hydrogen) atoms. The van der Waals surface area contributed by atoms with Crippen molar-refractivity contribution in [3.8, 4) is 5.69 Å². The monoisotopic (exact) mass is 454 g/mol. The number of nitrogens with zero attached hydrogens (tertiary/aromatic N) is 7. The summed E-state index contributed by atoms with van der Waals surface area (Å²) < 4.78 is 5.12. The van der Waals surface area contributed by atoms with Crippen LogP contribution in [0.3, 0.4) is 0 Å². The molecule has 3 aromatic heterocycles. The summed E-state index contributed by atoms with van der Waals surface area (Å²) in [5.41, 5.74) is 3.18. The first-order valence-electron chi connectivity index (χ1n) is 10.7. The summed E-state index contributed by atoms with van der Waals surface area (Å²) in [6.07, 6.45) is 1.76. The Morgan fingerprint density at radius 2 is 1.94 bits per heavy atom. The van der Waals surface area contributed by atoms with Gasteiger partial charge in [0.2, 0.25) is 5.16 Å². The van der Waals surface area contributed by atoms with Crippen LogP contribution in [-0.2, 0) is 18.8 Å². The van der Waals surface area contributed by atoms with Crippen LogP contribution < -0.4 is 11.2 Å². The third-order valence-electron chi connectivity index (χ3n) is 5.37. The maximum atomic E-state index is 12.6. The lowest BCUT2D eigenvalue weighted by atomic mass is 10.1. The van der Waals surface area contributed by atoms with Crippen molar-refractivity contribution in [1.82, 2.24) is 39.3 Å². The number of rotatable bonds is 8. The van der Waals surface area contributed by atoms with Crippen LogP contribution in [-0.4, -0.2) is 39.3 Å². The second kappa shape index (κ2) is 9.11. The molecule has 1 N–H and O–H groups in total. The van der Waals surface area contributed by atoms with Gasteiger partial charge in [-0.05, 0) is 49.2 Å². The highest BCUT2D eigenvalue weighted by Gasteiger charge is 2.19. The van der Waals surface area contributed by atoms with Gasteiger partial charge in [0.15, 0.2) is 11.2 Å². The number of nitrogens with one attached hydrogen (secondary N) is 1. The number of tetrazole rings is 1. The van der Waals surface area contributed by atoms with Crippen molar-refractivity contribution in [3.05, 3.63) is 56.0 Å². The second-order valence-electron chi connectivity index (χ2n) is 7.66. The number of aromatic nitrogens is 8. The molecule has 0 unspecified atom stereocenters. The fourth-order valence-electron chi connectivity index (χ4n) is 3.78. The molecule has 4 rings (SSSR count). The van der Waals surface area contributed by atoms with E-state index in [1.54, 1.807) is 9.25 Å². The molecule has 0 saturated carbocycles. The molecule has 10 nitrogen and oxygen atoms in total. The minimum atomic E-state index is -0.422. The first kappa shape index (κ1) is 22.0. The van der Waals surface area contributed by atoms with Gasteiger partial charge in [0.25, 0.3) is 5.56 Å². The smallest absolute Gasteiger partial charge is 0.322 e. The van der Waals surface area contributed by atoms with E-state index in [1.807, 2.05) is 37.5 Å². The first-order chi connectivity index (χ1) is 15.4. The third-order valence-corrected chi connectivity index (χ3v) is 6.28. The molecule has 168 valence electrons. The zero-order valence-electron chi connectivity index (χ0n) is 18.6. The van der Waals surface area contributed by atoms with Crippen LogP contribution in [0.5, 0.6) is 0 Å². The maximum absolute atomic E-state index is 12.6. The molecule has 0 aliphatic rings. The number of aryl methyl sites for hydroxylation is 4. The average molecular weight is 455 g/mol. The summed E-state index contributed by atoms with van der Waals surface area (Å²) >= 11 is 1.44. The van der Waals surface area contributed by atoms with Gasteiger partial charge in [-0.1, -0.05) is 42.8 Å². The Bertz CT molecular complexity index is 1380. The summed E-state index contributed by atoms with van der Waals surface area (Å²) in [5, 5.41) is 12.8. The van der Waals surface area contributed by atoms with Gasteiger partial charge in [-0.3, -0.25) is 14.3 Å². The molecular formula is C21H26N8O2S. The van der Waals surface area contributed by atoms with Gasteiger partial charge in [0, 0.05) is 13.1 Å². The van der Waals surface area contributed by atoms with Gasteiger partial charge in [-0.2, -0.15) is 4.68 Å². The first-order valence-corrected chi connectivity index (χ1v) is 11.6. The molecular weight excluding hydrogens is 428 g/mol. The largest absolute Gasteiger partial charge is 0.330 e. The van der Waals surface area contributed by atoms with E-state index in [0.29, 0.717) is 41.0 Å². The summed E-state index contributed by atoms with van der Waals surface area (Å²) in [7, 11) is 0. The van der Waals surface area contributed by atoms with Crippen molar-refractivity contribution in [1.29, 1.82) is 0 Å². The van der Waals surface area contributed by atoms with E-state index in [2.05, 4.69) is 33.5 Å². The zero-order chi connectivity index (χ0) is 22.8. The highest BCUT2D eigenvalue weighted by Crippen LogP contribution is 2.25. The minimum Gasteiger partial charge on any atom is -0.322 e. The lowest BCUT2D eigenvalue weighted by molar-refractivity contribution is 0.613. The molecule has 0 fully saturated rings. The standard InChI is InChI=1S/C21H26N8O2S/c1-5-7-10-28-18-17(19(30)23-20(28)31)27(6-2)16(22-18)12-32-21-24-25-26-29(21)15-9-8-13(3)11-14(15)4/h8-9,11H,5-7,10,12H2,1-4H3,(H,23,30,31). The lowest BCUT2D eigenvalue weighted by Gasteiger charge is -2.09. The van der Waals surface area contributed by atoms with E-state index in [1.165, 1.54) is 17.3 Å². The molecule has 0 radical (unpaired) electrons. The second-order valence-corrected chi connectivity index (χ2v) is 8.60. The van der Waals surface area contributed by atoms with E-state index in [0.717, 1.165) is 24.1 Å². The topological polar surface area (TPSA) is 116 Å². The predicted molar refractivity (Wildman–Crippen MR) is 123 cm³/mol. The van der Waals surface area contributed by atoms with E-state index in [4.69, 9.17) is 4.98 Å². The van der Waals surface area contributed by atoms with Crippen molar-refractivity contribution in [2.45, 2.75) is 64.5 Å². The highest BCUT2D eigenvalue weighted by atomic mass is 32.2. The van der Waals surface area contributed by atoms with Crippen LogP contribution >= 0.6 is 11.8 Å². The number of unbranched alkanes of at least 4 members (excludes halogenated alkanes) is 1. The van der Waals surface area contributed by atoms with Gasteiger partial charge in [0.05, 0.1) is 11.4 Å². The third kappa shape index (κ3) is 3.99. The average Bonchev–Trinajstić information content (AvgIpc) is 3.36. The number of H-pyrrole nitrogens is 1. The molecule has 0 saturated heterocycles. The van der Waals surface area contributed by atoms with Crippen LogP contribution in [0, 0.1) is 13.8 Å². The van der Waals surface area contributed by atoms with Gasteiger partial charge in [-0.15, -0.1) is 5.10 Å². The van der Waals surface area contributed by atoms with Crippen LogP contribution in [0.1, 0.15) is 43.6 Å². The molecule has 0 amide bonds. The molecule has 0 atom stereocenters. The van der Waals surface area contributed by atoms with Crippen LogP contribution in [0.4, 0.5) is 0 Å². The molecule has 0 aliphatic heterocycles. The highest BCUT2D eigenvalue weighted by molar-refractivity contribution is 7.98. The quantitative estimate of drug-likeness (QED) is 0.407. The summed E-state index contributed by atoms with van der Waals surface area (Å²) in [4.78, 5) is 32.1. The number of benzene rings is 1. The minimum absolute atomic E-state index is 0.413. The molecule has 4 aromatic rings. The van der Waals surface area contributed by atoms with E-state index >= 15 is 0 Å². The SMILES string of the molecule is CCCCn1c(=O)[nH]c(=O)c2c1nc(CSc1nnnn1-c1ccc(C)cc1C)n2CC. The van der Waals surface area contributed by atoms with Crippen molar-refractivity contribution in [3.63, 3.8) is 0 Å². The summed E-state index contributed by atoms with van der Waals surface area (Å²) in [6, 6.07) is 6.11. The number of aromatic amines is 1. The van der Waals surface area contributed by atoms with Crippen molar-refractivity contribution in [2.75, 3.05) is 0 Å². The molecule has 3 heterocycles. The van der Waals surface area contributed by atoms with Gasteiger partial charge in [-0.25, -0.2) is 9.78 Å². The summed E-state index contributed by atoms with van der Waals surface area (Å²) in [6.45, 7) is 9.15. The van der Waals surface area contributed by atoms with Crippen LogP contribution in [0.2, 0.25) is 0 Å². The Morgan fingerprint density at radius 1 is 1.12 bits per heavy atom. The summed E-state index contributed by atoms with van der Waals surface area (Å²) in [5.74, 6) is 1.15. The maximum Gasteiger partial charge on any atom is 0.330 e. The zero-order valence-corrected chi connectivity index (χ0v) is 19.4. The number of thioether (sulfide) groups is 1. The Labute approximate surface area is 188 Å². The van der Waals surface area contributed by atoms with Crippen molar-refractivity contribution >= 4 is 22.9 Å². The van der Waals surface area contributed by atoms with Crippen molar-refractivity contribution in [2.24, 2.45) is 0 Å². The normalized spacial score (nSPS) is 11.5. The molecule has 0 bridgehead atoms. The van der Waals surface area contributed by atoms with E-state index < -0.39 is 11.2 Å². The molecule has 1 aromatic carbocycles. The van der Waals surface area contributed by atoms with Gasteiger partial charge < -0.3 is 4.57 Å². The predicted octanol–water partition coefficient (Wildman–Crippen LogP) is 2.59. The Hall–Kier alpha value is -3.21. The van der Waals surface area contributed by atoms with E-state index in [9.17, 15) is 9.59 Å². The fraction of sp³-hybridized carbons (Fsp3) is 0.429.